The van der Waals surface area contributed by atoms with Gasteiger partial charge in [0.2, 0.25) is 17.7 Å². The molecular formula is C23H44N10O5. The molecule has 13 N–H and O–H groups in total. The van der Waals surface area contributed by atoms with Crippen molar-refractivity contribution in [1.82, 2.24) is 15.5 Å². The average molecular weight is 541 g/mol. The van der Waals surface area contributed by atoms with Crippen LogP contribution in [-0.2, 0) is 19.2 Å². The number of rotatable bonds is 16. The van der Waals surface area contributed by atoms with Crippen molar-refractivity contribution < 1.29 is 24.3 Å². The Bertz CT molecular complexity index is 873. The van der Waals surface area contributed by atoms with Crippen LogP contribution < -0.4 is 39.3 Å². The van der Waals surface area contributed by atoms with Gasteiger partial charge in [-0.3, -0.25) is 24.4 Å². The van der Waals surface area contributed by atoms with Crippen LogP contribution >= 0.6 is 0 Å². The topological polar surface area (TPSA) is 271 Å². The number of carboxylic acid groups (broad SMARTS) is 1. The number of hydrogen-bond acceptors (Lipinski definition) is 7. The molecule has 1 heterocycles. The third-order valence-electron chi connectivity index (χ3n) is 6.48. The third-order valence-corrected chi connectivity index (χ3v) is 6.48. The predicted octanol–water partition coefficient (Wildman–Crippen LogP) is -2.49. The molecule has 0 saturated carbocycles. The minimum Gasteiger partial charge on any atom is -0.480 e. The van der Waals surface area contributed by atoms with Crippen LogP contribution in [0.25, 0.3) is 0 Å². The molecule has 1 rings (SSSR count). The summed E-state index contributed by atoms with van der Waals surface area (Å²) in [4.78, 5) is 60.1. The smallest absolute Gasteiger partial charge is 0.326 e. The summed E-state index contributed by atoms with van der Waals surface area (Å²) in [5.74, 6) is -3.02. The molecule has 0 unspecified atom stereocenters. The molecule has 1 fully saturated rings. The fourth-order valence-corrected chi connectivity index (χ4v) is 4.10. The summed E-state index contributed by atoms with van der Waals surface area (Å²) in [6, 6.07) is -3.76. The van der Waals surface area contributed by atoms with Gasteiger partial charge in [0, 0.05) is 19.6 Å². The van der Waals surface area contributed by atoms with E-state index < -0.39 is 47.9 Å². The highest BCUT2D eigenvalue weighted by Crippen LogP contribution is 2.22. The van der Waals surface area contributed by atoms with E-state index in [4.69, 9.17) is 28.7 Å². The molecule has 0 aliphatic carbocycles. The van der Waals surface area contributed by atoms with Crippen molar-refractivity contribution in [1.29, 1.82) is 0 Å². The first-order valence-electron chi connectivity index (χ1n) is 12.9. The number of aliphatic carboxylic acids is 1. The zero-order valence-electron chi connectivity index (χ0n) is 22.3. The van der Waals surface area contributed by atoms with E-state index in [1.54, 1.807) is 0 Å². The summed E-state index contributed by atoms with van der Waals surface area (Å²) < 4.78 is 0. The van der Waals surface area contributed by atoms with E-state index in [1.165, 1.54) is 4.90 Å². The molecule has 1 aliphatic rings. The van der Waals surface area contributed by atoms with E-state index in [9.17, 15) is 24.3 Å². The van der Waals surface area contributed by atoms with Crippen molar-refractivity contribution in [2.45, 2.75) is 83.0 Å². The molecule has 1 saturated heterocycles. The third kappa shape index (κ3) is 10.8. The SMILES string of the molecule is CC[C@H](C)[C@H](NC(=O)[C@@H](N)CCCN=C(N)N)C(=O)N1CCC[C@H]1C(=O)N[C@@H](CCCN=C(N)N)C(=O)O. The quantitative estimate of drug-likeness (QED) is 0.0579. The number of amides is 3. The lowest BCUT2D eigenvalue weighted by molar-refractivity contribution is -0.145. The van der Waals surface area contributed by atoms with Gasteiger partial charge in [0.1, 0.15) is 18.1 Å². The van der Waals surface area contributed by atoms with Gasteiger partial charge in [-0.15, -0.1) is 0 Å². The van der Waals surface area contributed by atoms with Crippen LogP contribution in [0.2, 0.25) is 0 Å². The molecule has 0 aromatic heterocycles. The molecule has 3 amide bonds. The highest BCUT2D eigenvalue weighted by Gasteiger charge is 2.40. The number of carbonyl (C=O) groups excluding carboxylic acids is 3. The number of carboxylic acids is 1. The Balaban J connectivity index is 2.87. The number of carbonyl (C=O) groups is 4. The fraction of sp³-hybridized carbons (Fsp3) is 0.739. The van der Waals surface area contributed by atoms with Gasteiger partial charge in [0.25, 0.3) is 0 Å². The molecule has 0 bridgehead atoms. The van der Waals surface area contributed by atoms with Crippen LogP contribution in [0, 0.1) is 5.92 Å². The summed E-state index contributed by atoms with van der Waals surface area (Å²) >= 11 is 0. The number of nitrogens with one attached hydrogen (secondary N) is 2. The number of guanidine groups is 2. The van der Waals surface area contributed by atoms with Gasteiger partial charge in [-0.1, -0.05) is 20.3 Å². The van der Waals surface area contributed by atoms with E-state index in [1.807, 2.05) is 13.8 Å². The number of hydrogen-bond donors (Lipinski definition) is 8. The monoisotopic (exact) mass is 540 g/mol. The largest absolute Gasteiger partial charge is 0.480 e. The lowest BCUT2D eigenvalue weighted by atomic mass is 9.96. The van der Waals surface area contributed by atoms with Crippen molar-refractivity contribution >= 4 is 35.6 Å². The van der Waals surface area contributed by atoms with Gasteiger partial charge in [0.15, 0.2) is 11.9 Å². The molecule has 5 atom stereocenters. The Hall–Kier alpha value is -3.62. The van der Waals surface area contributed by atoms with E-state index in [0.717, 1.165) is 0 Å². The van der Waals surface area contributed by atoms with Gasteiger partial charge in [-0.2, -0.15) is 0 Å². The van der Waals surface area contributed by atoms with Crippen LogP contribution in [0.4, 0.5) is 0 Å². The lowest BCUT2D eigenvalue weighted by Gasteiger charge is -2.32. The Labute approximate surface area is 223 Å². The van der Waals surface area contributed by atoms with E-state index in [-0.39, 0.29) is 30.8 Å². The van der Waals surface area contributed by atoms with Gasteiger partial charge in [-0.25, -0.2) is 4.79 Å². The van der Waals surface area contributed by atoms with Crippen LogP contribution in [-0.4, -0.2) is 89.4 Å². The van der Waals surface area contributed by atoms with Crippen LogP contribution in [0.15, 0.2) is 9.98 Å². The van der Waals surface area contributed by atoms with E-state index >= 15 is 0 Å². The van der Waals surface area contributed by atoms with Crippen LogP contribution in [0.1, 0.15) is 58.8 Å². The summed E-state index contributed by atoms with van der Waals surface area (Å²) in [5.41, 5.74) is 27.1. The first kappa shape index (κ1) is 32.4. The second-order valence-corrected chi connectivity index (χ2v) is 9.46. The number of nitrogens with zero attached hydrogens (tertiary/aromatic N) is 3. The Kier molecular flexibility index (Phi) is 13.9. The van der Waals surface area contributed by atoms with Crippen molar-refractivity contribution in [2.24, 2.45) is 44.6 Å². The molecule has 0 spiro atoms. The molecule has 0 aromatic rings. The number of aliphatic imine (C=N–C) groups is 2. The van der Waals surface area contributed by atoms with Crippen molar-refractivity contribution in [3.05, 3.63) is 0 Å². The van der Waals surface area contributed by atoms with Crippen molar-refractivity contribution in [3.8, 4) is 0 Å². The Morgan fingerprint density at radius 2 is 1.58 bits per heavy atom. The Morgan fingerprint density at radius 1 is 1.00 bits per heavy atom. The number of nitrogens with two attached hydrogens (primary N) is 5. The second-order valence-electron chi connectivity index (χ2n) is 9.46. The molecule has 38 heavy (non-hydrogen) atoms. The van der Waals surface area contributed by atoms with Crippen molar-refractivity contribution in [2.75, 3.05) is 19.6 Å². The summed E-state index contributed by atoms with van der Waals surface area (Å²) in [6.07, 6.45) is 2.80. The Morgan fingerprint density at radius 3 is 2.11 bits per heavy atom. The maximum absolute atomic E-state index is 13.5. The minimum absolute atomic E-state index is 0.0460. The lowest BCUT2D eigenvalue weighted by Crippen LogP contribution is -2.58. The van der Waals surface area contributed by atoms with E-state index in [0.29, 0.717) is 51.6 Å². The zero-order valence-corrected chi connectivity index (χ0v) is 22.3. The molecule has 0 aromatic carbocycles. The molecule has 0 radical (unpaired) electrons. The highest BCUT2D eigenvalue weighted by atomic mass is 16.4. The maximum Gasteiger partial charge on any atom is 0.326 e. The minimum atomic E-state index is -1.20. The standard InChI is InChI=1S/C23H44N10O5/c1-3-13(2)17(32-18(34)14(24)7-4-10-29-22(25)26)20(36)33-12-6-9-16(33)19(35)31-15(21(37)38)8-5-11-30-23(27)28/h13-17H,3-12,24H2,1-2H3,(H,31,35)(H,32,34)(H,37,38)(H4,25,26,29)(H4,27,28,30)/t13-,14-,15-,16-,17-/m0/s1. The van der Waals surface area contributed by atoms with Gasteiger partial charge >= 0.3 is 5.97 Å². The van der Waals surface area contributed by atoms with Crippen LogP contribution in [0.5, 0.6) is 0 Å². The second kappa shape index (κ2) is 16.3. The molecule has 1 aliphatic heterocycles. The maximum atomic E-state index is 13.5. The number of likely N-dealkylation sites (tertiary alicyclic amines) is 1. The van der Waals surface area contributed by atoms with Gasteiger partial charge in [0.05, 0.1) is 6.04 Å². The first-order chi connectivity index (χ1) is 17.9. The summed E-state index contributed by atoms with van der Waals surface area (Å²) in [7, 11) is 0. The van der Waals surface area contributed by atoms with Gasteiger partial charge < -0.3 is 49.3 Å². The predicted molar refractivity (Wildman–Crippen MR) is 143 cm³/mol. The van der Waals surface area contributed by atoms with Crippen LogP contribution in [0.3, 0.4) is 0 Å². The van der Waals surface area contributed by atoms with E-state index in [2.05, 4.69) is 20.6 Å². The summed E-state index contributed by atoms with van der Waals surface area (Å²) in [5, 5.41) is 14.8. The normalized spacial score (nSPS) is 18.0. The van der Waals surface area contributed by atoms with Gasteiger partial charge in [-0.05, 0) is 44.4 Å². The zero-order chi connectivity index (χ0) is 28.8. The molecule has 15 nitrogen and oxygen atoms in total. The molecule has 216 valence electrons. The van der Waals surface area contributed by atoms with Crippen molar-refractivity contribution in [3.63, 3.8) is 0 Å². The molecular weight excluding hydrogens is 496 g/mol. The highest BCUT2D eigenvalue weighted by molar-refractivity contribution is 5.94. The first-order valence-corrected chi connectivity index (χ1v) is 12.9. The molecule has 15 heteroatoms. The fourth-order valence-electron chi connectivity index (χ4n) is 4.10. The summed E-state index contributed by atoms with van der Waals surface area (Å²) in [6.45, 7) is 4.58. The average Bonchev–Trinajstić information content (AvgIpc) is 3.35.